The van der Waals surface area contributed by atoms with Crippen LogP contribution < -0.4 is 15.5 Å². The number of benzene rings is 2. The summed E-state index contributed by atoms with van der Waals surface area (Å²) in [6.07, 6.45) is 1.73. The molecule has 1 saturated heterocycles. The molecule has 0 aliphatic carbocycles. The van der Waals surface area contributed by atoms with Crippen LogP contribution in [0.1, 0.15) is 19.8 Å². The van der Waals surface area contributed by atoms with Crippen LogP contribution in [0.15, 0.2) is 66.7 Å². The van der Waals surface area contributed by atoms with E-state index in [4.69, 9.17) is 0 Å². The topological polar surface area (TPSA) is 87.2 Å². The number of rotatable bonds is 5. The van der Waals surface area contributed by atoms with Crippen molar-refractivity contribution >= 4 is 29.0 Å². The zero-order chi connectivity index (χ0) is 21.6. The monoisotopic (exact) mass is 415 g/mol. The summed E-state index contributed by atoms with van der Waals surface area (Å²) in [6, 6.07) is 21.0. The maximum atomic E-state index is 12.9. The van der Waals surface area contributed by atoms with Crippen molar-refractivity contribution in [3.8, 4) is 11.3 Å². The average molecular weight is 415 g/mol. The molecule has 2 N–H and O–H groups in total. The molecule has 2 heterocycles. The summed E-state index contributed by atoms with van der Waals surface area (Å²) in [5.74, 6) is 0.461. The lowest BCUT2D eigenvalue weighted by molar-refractivity contribution is -0.120. The first-order valence-electron chi connectivity index (χ1n) is 10.4. The molecule has 1 aliphatic rings. The normalized spacial score (nSPS) is 15.9. The number of anilines is 3. The van der Waals surface area contributed by atoms with Crippen LogP contribution in [0.5, 0.6) is 0 Å². The van der Waals surface area contributed by atoms with E-state index in [9.17, 15) is 9.59 Å². The number of piperidine rings is 1. The Morgan fingerprint density at radius 1 is 0.935 bits per heavy atom. The Morgan fingerprint density at radius 3 is 2.42 bits per heavy atom. The van der Waals surface area contributed by atoms with Crippen LogP contribution in [-0.2, 0) is 9.59 Å². The third kappa shape index (κ3) is 5.25. The molecule has 2 amide bonds. The molecule has 7 nitrogen and oxygen atoms in total. The Kier molecular flexibility index (Phi) is 6.21. The van der Waals surface area contributed by atoms with Gasteiger partial charge in [-0.1, -0.05) is 36.4 Å². The van der Waals surface area contributed by atoms with E-state index in [0.29, 0.717) is 17.9 Å². The molecular formula is C24H25N5O2. The fourth-order valence-corrected chi connectivity index (χ4v) is 3.78. The number of nitrogens with one attached hydrogen (secondary N) is 2. The second-order valence-electron chi connectivity index (χ2n) is 7.68. The van der Waals surface area contributed by atoms with Gasteiger partial charge in [0.15, 0.2) is 5.82 Å². The summed E-state index contributed by atoms with van der Waals surface area (Å²) in [6.45, 7) is 2.90. The van der Waals surface area contributed by atoms with E-state index in [1.807, 2.05) is 48.5 Å². The van der Waals surface area contributed by atoms with Gasteiger partial charge in [-0.3, -0.25) is 9.59 Å². The highest BCUT2D eigenvalue weighted by atomic mass is 16.2. The van der Waals surface area contributed by atoms with Gasteiger partial charge in [-0.15, -0.1) is 10.2 Å². The fourth-order valence-electron chi connectivity index (χ4n) is 3.78. The molecule has 0 radical (unpaired) electrons. The molecule has 0 saturated carbocycles. The molecule has 1 atom stereocenters. The average Bonchev–Trinajstić information content (AvgIpc) is 2.80. The van der Waals surface area contributed by atoms with E-state index >= 15 is 0 Å². The van der Waals surface area contributed by atoms with Crippen molar-refractivity contribution in [2.75, 3.05) is 28.6 Å². The second kappa shape index (κ2) is 9.38. The van der Waals surface area contributed by atoms with Crippen molar-refractivity contribution in [3.05, 3.63) is 66.7 Å². The van der Waals surface area contributed by atoms with Gasteiger partial charge in [0.2, 0.25) is 11.8 Å². The first-order valence-corrected chi connectivity index (χ1v) is 10.4. The highest BCUT2D eigenvalue weighted by molar-refractivity contribution is 5.94. The molecule has 0 bridgehead atoms. The van der Waals surface area contributed by atoms with Gasteiger partial charge in [-0.05, 0) is 43.2 Å². The number of hydrogen-bond donors (Lipinski definition) is 2. The molecule has 1 aromatic heterocycles. The number of aromatic nitrogens is 2. The fraction of sp³-hybridized carbons (Fsp3) is 0.250. The molecular weight excluding hydrogens is 390 g/mol. The zero-order valence-electron chi connectivity index (χ0n) is 17.4. The SMILES string of the molecule is CC(=O)Nc1cccc(NC(=O)[C@H]2CCCN(c3ccc(-c4ccccc4)nn3)C2)c1. The van der Waals surface area contributed by atoms with Gasteiger partial charge in [0.25, 0.3) is 0 Å². The molecule has 3 aromatic rings. The van der Waals surface area contributed by atoms with E-state index in [0.717, 1.165) is 36.5 Å². The minimum Gasteiger partial charge on any atom is -0.354 e. The summed E-state index contributed by atoms with van der Waals surface area (Å²) < 4.78 is 0. The molecule has 1 fully saturated rings. The third-order valence-corrected chi connectivity index (χ3v) is 5.29. The van der Waals surface area contributed by atoms with E-state index in [1.165, 1.54) is 6.92 Å². The number of amides is 2. The Bertz CT molecular complexity index is 1050. The summed E-state index contributed by atoms with van der Waals surface area (Å²) in [5, 5.41) is 14.5. The summed E-state index contributed by atoms with van der Waals surface area (Å²) in [7, 11) is 0. The molecule has 0 unspecified atom stereocenters. The molecule has 2 aromatic carbocycles. The first-order chi connectivity index (χ1) is 15.1. The minimum absolute atomic E-state index is 0.0291. The molecule has 0 spiro atoms. The van der Waals surface area contributed by atoms with Crippen molar-refractivity contribution in [3.63, 3.8) is 0 Å². The van der Waals surface area contributed by atoms with Crippen LogP contribution in [-0.4, -0.2) is 35.1 Å². The predicted octanol–water partition coefficient (Wildman–Crippen LogP) is 3.96. The Labute approximate surface area is 181 Å². The quantitative estimate of drug-likeness (QED) is 0.659. The van der Waals surface area contributed by atoms with E-state index in [-0.39, 0.29) is 17.7 Å². The maximum absolute atomic E-state index is 12.9. The molecule has 4 rings (SSSR count). The lowest BCUT2D eigenvalue weighted by Crippen LogP contribution is -2.41. The Balaban J connectivity index is 1.40. The van der Waals surface area contributed by atoms with E-state index in [2.05, 4.69) is 25.7 Å². The highest BCUT2D eigenvalue weighted by Gasteiger charge is 2.27. The molecule has 1 aliphatic heterocycles. The van der Waals surface area contributed by atoms with Crippen molar-refractivity contribution in [1.82, 2.24) is 10.2 Å². The minimum atomic E-state index is -0.147. The van der Waals surface area contributed by atoms with Crippen LogP contribution >= 0.6 is 0 Å². The summed E-state index contributed by atoms with van der Waals surface area (Å²) in [5.41, 5.74) is 3.18. The number of hydrogen-bond acceptors (Lipinski definition) is 5. The summed E-state index contributed by atoms with van der Waals surface area (Å²) >= 11 is 0. The number of carbonyl (C=O) groups is 2. The largest absolute Gasteiger partial charge is 0.354 e. The van der Waals surface area contributed by atoms with Crippen LogP contribution in [0, 0.1) is 5.92 Å². The van der Waals surface area contributed by atoms with Crippen LogP contribution in [0.25, 0.3) is 11.3 Å². The lowest BCUT2D eigenvalue weighted by Gasteiger charge is -2.32. The molecule has 158 valence electrons. The van der Waals surface area contributed by atoms with E-state index in [1.54, 1.807) is 18.2 Å². The van der Waals surface area contributed by atoms with E-state index < -0.39 is 0 Å². The van der Waals surface area contributed by atoms with Crippen LogP contribution in [0.4, 0.5) is 17.2 Å². The molecule has 31 heavy (non-hydrogen) atoms. The highest BCUT2D eigenvalue weighted by Crippen LogP contribution is 2.25. The van der Waals surface area contributed by atoms with Crippen molar-refractivity contribution in [1.29, 1.82) is 0 Å². The van der Waals surface area contributed by atoms with Crippen LogP contribution in [0.2, 0.25) is 0 Å². The smallest absolute Gasteiger partial charge is 0.229 e. The predicted molar refractivity (Wildman–Crippen MR) is 122 cm³/mol. The Morgan fingerprint density at radius 2 is 1.71 bits per heavy atom. The molecule has 7 heteroatoms. The van der Waals surface area contributed by atoms with Crippen molar-refractivity contribution in [2.24, 2.45) is 5.92 Å². The lowest BCUT2D eigenvalue weighted by atomic mass is 9.97. The van der Waals surface area contributed by atoms with Crippen LogP contribution in [0.3, 0.4) is 0 Å². The first kappa shape index (κ1) is 20.5. The van der Waals surface area contributed by atoms with Gasteiger partial charge in [-0.2, -0.15) is 0 Å². The number of nitrogens with zero attached hydrogens (tertiary/aromatic N) is 3. The van der Waals surface area contributed by atoms with Gasteiger partial charge in [0, 0.05) is 37.0 Å². The zero-order valence-corrected chi connectivity index (χ0v) is 17.4. The van der Waals surface area contributed by atoms with Gasteiger partial charge in [-0.25, -0.2) is 0 Å². The van der Waals surface area contributed by atoms with Crippen molar-refractivity contribution in [2.45, 2.75) is 19.8 Å². The van der Waals surface area contributed by atoms with Crippen molar-refractivity contribution < 1.29 is 9.59 Å². The van der Waals surface area contributed by atoms with Gasteiger partial charge >= 0.3 is 0 Å². The standard InChI is InChI=1S/C24H25N5O2/c1-17(30)25-20-10-5-11-21(15-20)26-24(31)19-9-6-14-29(16-19)23-13-12-22(27-28-23)18-7-3-2-4-8-18/h2-5,7-8,10-13,15,19H,6,9,14,16H2,1H3,(H,25,30)(H,26,31)/t19-/m0/s1. The second-order valence-corrected chi connectivity index (χ2v) is 7.68. The number of carbonyl (C=O) groups excluding carboxylic acids is 2. The Hall–Kier alpha value is -3.74. The third-order valence-electron chi connectivity index (χ3n) is 5.29. The van der Waals surface area contributed by atoms with Gasteiger partial charge < -0.3 is 15.5 Å². The maximum Gasteiger partial charge on any atom is 0.229 e. The van der Waals surface area contributed by atoms with Gasteiger partial charge in [0.1, 0.15) is 0 Å². The summed E-state index contributed by atoms with van der Waals surface area (Å²) in [4.78, 5) is 26.2. The van der Waals surface area contributed by atoms with Gasteiger partial charge in [0.05, 0.1) is 11.6 Å².